The highest BCUT2D eigenvalue weighted by Gasteiger charge is 2.25. The minimum absolute atomic E-state index is 0.0151. The van der Waals surface area contributed by atoms with Crippen LogP contribution in [0.4, 0.5) is 5.69 Å². The van der Waals surface area contributed by atoms with Gasteiger partial charge in [-0.3, -0.25) is 0 Å². The van der Waals surface area contributed by atoms with Gasteiger partial charge in [0.2, 0.25) is 5.69 Å². The van der Waals surface area contributed by atoms with Crippen LogP contribution in [0.15, 0.2) is 60.7 Å². The summed E-state index contributed by atoms with van der Waals surface area (Å²) in [4.78, 5) is 12.1. The van der Waals surface area contributed by atoms with Crippen molar-refractivity contribution in [3.63, 3.8) is 0 Å². The zero-order valence-corrected chi connectivity index (χ0v) is 11.2. The molecule has 0 fully saturated rings. The first kappa shape index (κ1) is 13.8. The van der Waals surface area contributed by atoms with Gasteiger partial charge in [-0.05, 0) is 19.1 Å². The fraction of sp³-hybridized carbons (Fsp3) is 0.125. The molecule has 2 rings (SSSR count). The minimum Gasteiger partial charge on any atom is -0.618 e. The van der Waals surface area contributed by atoms with Crippen LogP contribution in [0.25, 0.3) is 0 Å². The lowest BCUT2D eigenvalue weighted by Gasteiger charge is -2.09. The number of hydrogen-bond donors (Lipinski definition) is 0. The van der Waals surface area contributed by atoms with E-state index in [4.69, 9.17) is 4.74 Å². The maximum atomic E-state index is 12.4. The highest BCUT2D eigenvalue weighted by molar-refractivity contribution is 6.41. The topological polar surface area (TPSA) is 52.4 Å². The fourth-order valence-electron chi connectivity index (χ4n) is 1.81. The second-order valence-corrected chi connectivity index (χ2v) is 4.07. The van der Waals surface area contributed by atoms with E-state index < -0.39 is 5.97 Å². The summed E-state index contributed by atoms with van der Waals surface area (Å²) in [6, 6.07) is 17.4. The molecule has 0 amide bonds. The Morgan fingerprint density at radius 2 is 1.60 bits per heavy atom. The maximum absolute atomic E-state index is 12.4. The highest BCUT2D eigenvalue weighted by Crippen LogP contribution is 2.13. The molecule has 0 N–H and O–H groups in total. The molecule has 102 valence electrons. The number of nitrogens with zero attached hydrogens (tertiary/aromatic N) is 1. The summed E-state index contributed by atoms with van der Waals surface area (Å²) in [7, 11) is 0. The van der Waals surface area contributed by atoms with E-state index >= 15 is 0 Å². The Labute approximate surface area is 117 Å². The van der Waals surface area contributed by atoms with E-state index in [0.717, 1.165) is 0 Å². The second-order valence-electron chi connectivity index (χ2n) is 4.07. The van der Waals surface area contributed by atoms with Gasteiger partial charge in [-0.15, -0.1) is 0 Å². The third-order valence-corrected chi connectivity index (χ3v) is 2.71. The summed E-state index contributed by atoms with van der Waals surface area (Å²) in [6.45, 7) is 1.93. The van der Waals surface area contributed by atoms with Gasteiger partial charge in [0.25, 0.3) is 0 Å². The molecule has 0 heterocycles. The summed E-state index contributed by atoms with van der Waals surface area (Å²) < 4.78 is 5.59. The highest BCUT2D eigenvalue weighted by atomic mass is 16.5. The Bertz CT molecular complexity index is 606. The lowest BCUT2D eigenvalue weighted by atomic mass is 10.1. The zero-order chi connectivity index (χ0) is 14.4. The molecule has 2 aromatic rings. The first-order valence-electron chi connectivity index (χ1n) is 6.36. The van der Waals surface area contributed by atoms with Gasteiger partial charge in [0, 0.05) is 12.1 Å². The minimum atomic E-state index is -0.627. The van der Waals surface area contributed by atoms with Crippen LogP contribution in [0.5, 0.6) is 0 Å². The lowest BCUT2D eigenvalue weighted by Crippen LogP contribution is -2.26. The number of benzene rings is 2. The van der Waals surface area contributed by atoms with Crippen LogP contribution >= 0.6 is 0 Å². The molecule has 0 aliphatic heterocycles. The van der Waals surface area contributed by atoms with Gasteiger partial charge >= 0.3 is 11.7 Å². The van der Waals surface area contributed by atoms with Gasteiger partial charge in [-0.25, -0.2) is 4.79 Å². The van der Waals surface area contributed by atoms with Gasteiger partial charge in [0.1, 0.15) is 0 Å². The standard InChI is InChI=1S/C16H15NO3/c1-2-20-16(18)15(13-9-5-3-6-10-13)17(19)14-11-7-4-8-12-14/h3-12H,2H2,1H3/b17-15-. The third-order valence-electron chi connectivity index (χ3n) is 2.71. The van der Waals surface area contributed by atoms with Crippen molar-refractivity contribution < 1.29 is 14.3 Å². The first-order chi connectivity index (χ1) is 9.74. The number of para-hydroxylation sites is 1. The second kappa shape index (κ2) is 6.52. The molecule has 0 saturated carbocycles. The Balaban J connectivity index is 2.54. The zero-order valence-electron chi connectivity index (χ0n) is 11.2. The molecule has 20 heavy (non-hydrogen) atoms. The van der Waals surface area contributed by atoms with Gasteiger partial charge < -0.3 is 9.94 Å². The first-order valence-corrected chi connectivity index (χ1v) is 6.36. The molecule has 4 heteroatoms. The maximum Gasteiger partial charge on any atom is 0.405 e. The molecule has 0 atom stereocenters. The number of carbonyl (C=O) groups is 1. The average molecular weight is 269 g/mol. The van der Waals surface area contributed by atoms with Gasteiger partial charge in [0.05, 0.1) is 12.2 Å². The van der Waals surface area contributed by atoms with E-state index in [-0.39, 0.29) is 12.3 Å². The van der Waals surface area contributed by atoms with Crippen LogP contribution < -0.4 is 0 Å². The predicted molar refractivity (Wildman–Crippen MR) is 76.9 cm³/mol. The SMILES string of the molecule is CCOC(=O)/C(c1ccccc1)=[N+](\[O-])c1ccccc1. The van der Waals surface area contributed by atoms with Crippen molar-refractivity contribution in [3.8, 4) is 0 Å². The Hall–Kier alpha value is -2.62. The summed E-state index contributed by atoms with van der Waals surface area (Å²) in [6.07, 6.45) is 0. The molecular formula is C16H15NO3. The number of esters is 1. The molecule has 0 spiro atoms. The molecule has 0 aliphatic rings. The fourth-order valence-corrected chi connectivity index (χ4v) is 1.81. The van der Waals surface area contributed by atoms with Crippen LogP contribution in [0.1, 0.15) is 12.5 Å². The predicted octanol–water partition coefficient (Wildman–Crippen LogP) is 2.88. The van der Waals surface area contributed by atoms with E-state index in [1.807, 2.05) is 12.1 Å². The van der Waals surface area contributed by atoms with Crippen molar-refractivity contribution in [3.05, 3.63) is 71.4 Å². The van der Waals surface area contributed by atoms with Crippen molar-refractivity contribution in [1.82, 2.24) is 0 Å². The molecule has 4 nitrogen and oxygen atoms in total. The van der Waals surface area contributed by atoms with Crippen LogP contribution in [-0.4, -0.2) is 23.0 Å². The lowest BCUT2D eigenvalue weighted by molar-refractivity contribution is -0.360. The van der Waals surface area contributed by atoms with Gasteiger partial charge in [-0.1, -0.05) is 36.4 Å². The molecule has 0 radical (unpaired) electrons. The number of rotatable bonds is 4. The van der Waals surface area contributed by atoms with E-state index in [2.05, 4.69) is 0 Å². The van der Waals surface area contributed by atoms with Gasteiger partial charge in [-0.2, -0.15) is 4.74 Å². The van der Waals surface area contributed by atoms with Crippen LogP contribution in [0, 0.1) is 5.21 Å². The van der Waals surface area contributed by atoms with Crippen molar-refractivity contribution in [2.45, 2.75) is 6.92 Å². The summed E-state index contributed by atoms with van der Waals surface area (Å²) in [5, 5.41) is 12.4. The Morgan fingerprint density at radius 1 is 1.05 bits per heavy atom. The van der Waals surface area contributed by atoms with Crippen molar-refractivity contribution in [2.75, 3.05) is 6.61 Å². The van der Waals surface area contributed by atoms with Crippen molar-refractivity contribution in [2.24, 2.45) is 0 Å². The number of hydrogen-bond acceptors (Lipinski definition) is 3. The summed E-state index contributed by atoms with van der Waals surface area (Å²) in [5.74, 6) is -0.627. The molecule has 0 bridgehead atoms. The Morgan fingerprint density at radius 3 is 2.15 bits per heavy atom. The molecule has 0 aliphatic carbocycles. The van der Waals surface area contributed by atoms with E-state index in [9.17, 15) is 10.0 Å². The summed E-state index contributed by atoms with van der Waals surface area (Å²) in [5.41, 5.74) is 0.905. The molecule has 0 saturated heterocycles. The summed E-state index contributed by atoms with van der Waals surface area (Å²) >= 11 is 0. The largest absolute Gasteiger partial charge is 0.618 e. The van der Waals surface area contributed by atoms with E-state index in [0.29, 0.717) is 16.0 Å². The van der Waals surface area contributed by atoms with Crippen molar-refractivity contribution >= 4 is 17.4 Å². The molecule has 2 aromatic carbocycles. The molecular weight excluding hydrogens is 254 g/mol. The third kappa shape index (κ3) is 3.03. The normalized spacial score (nSPS) is 11.7. The number of ether oxygens (including phenoxy) is 1. The smallest absolute Gasteiger partial charge is 0.405 e. The monoisotopic (exact) mass is 269 g/mol. The average Bonchev–Trinajstić information content (AvgIpc) is 2.50. The van der Waals surface area contributed by atoms with Crippen LogP contribution in [0.2, 0.25) is 0 Å². The van der Waals surface area contributed by atoms with Crippen LogP contribution in [0.3, 0.4) is 0 Å². The van der Waals surface area contributed by atoms with Crippen molar-refractivity contribution in [1.29, 1.82) is 0 Å². The van der Waals surface area contributed by atoms with Crippen LogP contribution in [-0.2, 0) is 9.53 Å². The van der Waals surface area contributed by atoms with Gasteiger partial charge in [0.15, 0.2) is 0 Å². The number of carbonyl (C=O) groups excluding carboxylic acids is 1. The van der Waals surface area contributed by atoms with E-state index in [1.54, 1.807) is 55.5 Å². The molecule has 0 unspecified atom stereocenters. The Kier molecular flexibility index (Phi) is 4.50. The van der Waals surface area contributed by atoms with E-state index in [1.165, 1.54) is 0 Å². The quantitative estimate of drug-likeness (QED) is 0.282. The molecule has 0 aromatic heterocycles.